The van der Waals surface area contributed by atoms with Gasteiger partial charge in [0.25, 0.3) is 6.47 Å². The number of rotatable bonds is 0. The summed E-state index contributed by atoms with van der Waals surface area (Å²) in [5.74, 6) is 0. The van der Waals surface area contributed by atoms with E-state index < -0.39 is 11.2 Å². The third kappa shape index (κ3) is 1710. The fourth-order valence-corrected chi connectivity index (χ4v) is 0. The summed E-state index contributed by atoms with van der Waals surface area (Å²) in [6, 6.07) is 0. The number of carboxylic acid groups (broad SMARTS) is 1. The predicted molar refractivity (Wildman–Crippen MR) is 28.7 cm³/mol. The third-order valence-corrected chi connectivity index (χ3v) is 0. The Morgan fingerprint density at radius 2 is 1.71 bits per heavy atom. The van der Waals surface area contributed by atoms with Crippen LogP contribution in [0.1, 0.15) is 0 Å². The van der Waals surface area contributed by atoms with E-state index in [0.29, 0.717) is 0 Å². The smallest absolute Gasteiger partial charge is 0.290 e. The Labute approximate surface area is 45.5 Å². The van der Waals surface area contributed by atoms with Crippen molar-refractivity contribution in [2.45, 2.75) is 0 Å². The quantitative estimate of drug-likeness (QED) is 0.356. The van der Waals surface area contributed by atoms with Crippen LogP contribution in [0.15, 0.2) is 0 Å². The summed E-state index contributed by atoms with van der Waals surface area (Å²) in [5, 5.41) is 6.89. The normalized spacial score (nSPS) is 6.86. The Morgan fingerprint density at radius 1 is 1.71 bits per heavy atom. The highest BCUT2D eigenvalue weighted by Crippen LogP contribution is 1.61. The third-order valence-electron chi connectivity index (χ3n) is 0. The second kappa shape index (κ2) is 9.24. The van der Waals surface area contributed by atoms with Crippen molar-refractivity contribution < 1.29 is 14.5 Å². The van der Waals surface area contributed by atoms with Crippen molar-refractivity contribution in [1.82, 2.24) is 0 Å². The maximum atomic E-state index is 9.56. The van der Waals surface area contributed by atoms with E-state index in [9.17, 15) is 4.55 Å². The Morgan fingerprint density at radius 3 is 1.71 bits per heavy atom. The van der Waals surface area contributed by atoms with Gasteiger partial charge in [-0.05, 0) is 0 Å². The molecule has 0 aliphatic heterocycles. The van der Waals surface area contributed by atoms with Crippen molar-refractivity contribution in [2.24, 2.45) is 0 Å². The Kier molecular flexibility index (Phi) is 13.1. The van der Waals surface area contributed by atoms with Gasteiger partial charge in [0.1, 0.15) is 0 Å². The first kappa shape index (κ1) is 9.91. The molecule has 0 aromatic carbocycles. The van der Waals surface area contributed by atoms with Gasteiger partial charge >= 0.3 is 0 Å². The van der Waals surface area contributed by atoms with Crippen molar-refractivity contribution in [1.29, 1.82) is 0 Å². The number of hydrogen-bond acceptors (Lipinski definition) is 2. The molecule has 0 rings (SSSR count). The first-order valence-electron chi connectivity index (χ1n) is 1.48. The maximum Gasteiger partial charge on any atom is 0.290 e. The highest BCUT2D eigenvalue weighted by molar-refractivity contribution is 7.89. The molecule has 1 N–H and O–H groups in total. The van der Waals surface area contributed by atoms with Gasteiger partial charge in [-0.25, -0.2) is 0 Å². The fraction of sp³-hybridized carbons (Fsp3) is 0.667. The van der Waals surface area contributed by atoms with Gasteiger partial charge in [-0.3, -0.25) is 4.79 Å². The van der Waals surface area contributed by atoms with Gasteiger partial charge < -0.3 is 9.66 Å². The van der Waals surface area contributed by atoms with Gasteiger partial charge in [-0.15, -0.1) is 0 Å². The lowest BCUT2D eigenvalue weighted by atomic mass is 11.7. The van der Waals surface area contributed by atoms with Gasteiger partial charge in [-0.1, -0.05) is 11.2 Å². The van der Waals surface area contributed by atoms with Crippen LogP contribution in [0.5, 0.6) is 0 Å². The van der Waals surface area contributed by atoms with E-state index in [2.05, 4.69) is 0 Å². The summed E-state index contributed by atoms with van der Waals surface area (Å²) >= 11 is -0.611. The zero-order valence-corrected chi connectivity index (χ0v) is 5.07. The van der Waals surface area contributed by atoms with E-state index >= 15 is 0 Å². The Balaban J connectivity index is 0. The van der Waals surface area contributed by atoms with E-state index in [0.717, 1.165) is 0 Å². The fourth-order valence-electron chi connectivity index (χ4n) is 0. The van der Waals surface area contributed by atoms with Gasteiger partial charge in [0.2, 0.25) is 0 Å². The van der Waals surface area contributed by atoms with E-state index in [1.165, 1.54) is 0 Å². The molecule has 3 nitrogen and oxygen atoms in total. The molecule has 0 saturated heterocycles. The molecule has 0 radical (unpaired) electrons. The molecule has 0 amide bonds. The first-order valence-corrected chi connectivity index (χ1v) is 3.44. The molecule has 44 valence electrons. The number of hydrogen-bond donors (Lipinski definition) is 1. The van der Waals surface area contributed by atoms with Crippen LogP contribution in [0.2, 0.25) is 0 Å². The number of carbonyl (C=O) groups is 1. The van der Waals surface area contributed by atoms with E-state index in [-0.39, 0.29) is 6.47 Å². The second-order valence-corrected chi connectivity index (χ2v) is 2.33. The van der Waals surface area contributed by atoms with Crippen LogP contribution in [0, 0.1) is 0 Å². The van der Waals surface area contributed by atoms with E-state index in [4.69, 9.17) is 9.90 Å². The lowest BCUT2D eigenvalue weighted by Gasteiger charge is -1.87. The highest BCUT2D eigenvalue weighted by atomic mass is 32.2. The van der Waals surface area contributed by atoms with Crippen molar-refractivity contribution in [2.75, 3.05) is 12.5 Å². The standard InChI is InChI=1S/C2H6OS.CH2O2/c1-4(2)3;2-1-3/h1-2H3;1H,(H,2,3). The molecule has 0 bridgehead atoms. The van der Waals surface area contributed by atoms with Crippen LogP contribution in [0.25, 0.3) is 0 Å². The van der Waals surface area contributed by atoms with Crippen molar-refractivity contribution in [3.63, 3.8) is 0 Å². The minimum absolute atomic E-state index is 0.250. The molecule has 0 aromatic heterocycles. The van der Waals surface area contributed by atoms with Crippen LogP contribution < -0.4 is 0 Å². The lowest BCUT2D eigenvalue weighted by molar-refractivity contribution is -0.122. The Bertz CT molecular complexity index is 34.4. The molecule has 0 aliphatic rings. The summed E-state index contributed by atoms with van der Waals surface area (Å²) in [6.45, 7) is -0.250. The predicted octanol–water partition coefficient (Wildman–Crippen LogP) is -0.304. The molecule has 0 fully saturated rings. The minimum atomic E-state index is -0.611. The van der Waals surface area contributed by atoms with Crippen LogP contribution in [0.3, 0.4) is 0 Å². The maximum absolute atomic E-state index is 9.56. The molecule has 7 heavy (non-hydrogen) atoms. The second-order valence-electron chi connectivity index (χ2n) is 0.847. The van der Waals surface area contributed by atoms with Crippen molar-refractivity contribution >= 4 is 17.6 Å². The molecule has 0 aliphatic carbocycles. The lowest BCUT2D eigenvalue weighted by Crippen LogP contribution is -1.86. The summed E-state index contributed by atoms with van der Waals surface area (Å²) in [5.41, 5.74) is 0. The zero-order chi connectivity index (χ0) is 6.28. The summed E-state index contributed by atoms with van der Waals surface area (Å²) in [6.07, 6.45) is 3.28. The van der Waals surface area contributed by atoms with Gasteiger partial charge in [-0.2, -0.15) is 0 Å². The van der Waals surface area contributed by atoms with Gasteiger partial charge in [0, 0.05) is 0 Å². The van der Waals surface area contributed by atoms with Crippen LogP contribution >= 0.6 is 0 Å². The van der Waals surface area contributed by atoms with Crippen LogP contribution in [-0.2, 0) is 16.0 Å². The molecule has 0 heterocycles. The SMILES string of the molecule is C[S+](C)[O-].O=CO. The Hall–Kier alpha value is -0.220. The minimum Gasteiger partial charge on any atom is -0.617 e. The van der Waals surface area contributed by atoms with Crippen LogP contribution in [0.4, 0.5) is 0 Å². The zero-order valence-electron chi connectivity index (χ0n) is 4.25. The highest BCUT2D eigenvalue weighted by Gasteiger charge is 1.66. The molecular formula is C3H8O3S. The molecule has 0 atom stereocenters. The van der Waals surface area contributed by atoms with Gasteiger partial charge in [0.05, 0.1) is 12.5 Å². The van der Waals surface area contributed by atoms with E-state index in [1.54, 1.807) is 12.5 Å². The summed E-state index contributed by atoms with van der Waals surface area (Å²) < 4.78 is 9.56. The molecular weight excluding hydrogens is 116 g/mol. The van der Waals surface area contributed by atoms with Gasteiger partial charge in [0.15, 0.2) is 0 Å². The van der Waals surface area contributed by atoms with Crippen molar-refractivity contribution in [3.8, 4) is 0 Å². The average molecular weight is 124 g/mol. The monoisotopic (exact) mass is 124 g/mol. The largest absolute Gasteiger partial charge is 0.617 e. The van der Waals surface area contributed by atoms with Crippen LogP contribution in [-0.4, -0.2) is 28.6 Å². The average Bonchev–Trinajstić information content (AvgIpc) is 1.33. The van der Waals surface area contributed by atoms with Crippen molar-refractivity contribution in [3.05, 3.63) is 0 Å². The summed E-state index contributed by atoms with van der Waals surface area (Å²) in [4.78, 5) is 8.36. The molecule has 4 heteroatoms. The molecule has 0 aromatic rings. The van der Waals surface area contributed by atoms with E-state index in [1.807, 2.05) is 0 Å². The molecule has 0 spiro atoms. The molecule has 0 saturated carbocycles. The summed E-state index contributed by atoms with van der Waals surface area (Å²) in [7, 11) is 0. The first-order chi connectivity index (χ1) is 3.15. The molecule has 0 unspecified atom stereocenters. The topological polar surface area (TPSA) is 60.4 Å².